The molecule has 1 aliphatic rings. The predicted octanol–water partition coefficient (Wildman–Crippen LogP) is 2.03. The Kier molecular flexibility index (Phi) is 5.81. The van der Waals surface area contributed by atoms with Crippen molar-refractivity contribution in [2.75, 3.05) is 13.2 Å². The Morgan fingerprint density at radius 2 is 2.20 bits per heavy atom. The van der Waals surface area contributed by atoms with Crippen molar-refractivity contribution in [2.24, 2.45) is 0 Å². The van der Waals surface area contributed by atoms with Gasteiger partial charge in [0, 0.05) is 12.1 Å². The standard InChI is InChI=1S/C15H13F3N2O4S/c1-2-7-24-11-4-3-9(8-12(11)25-15(16,17)18)14(22)20-6-5-10(20)13(21)19-23/h1,3-4,8,10,23H,5-7H2,(H,19,21)/t10-/m1/s1. The second-order valence-electron chi connectivity index (χ2n) is 4.98. The van der Waals surface area contributed by atoms with E-state index in [1.165, 1.54) is 17.6 Å². The molecule has 2 rings (SSSR count). The summed E-state index contributed by atoms with van der Waals surface area (Å²) in [4.78, 5) is 24.7. The first-order valence-corrected chi connectivity index (χ1v) is 7.79. The fourth-order valence-electron chi connectivity index (χ4n) is 2.23. The number of benzene rings is 1. The van der Waals surface area contributed by atoms with E-state index in [0.717, 1.165) is 11.0 Å². The van der Waals surface area contributed by atoms with Crippen LogP contribution in [0.4, 0.5) is 13.2 Å². The highest BCUT2D eigenvalue weighted by molar-refractivity contribution is 8.00. The third kappa shape index (κ3) is 4.58. The zero-order valence-corrected chi connectivity index (χ0v) is 13.5. The van der Waals surface area contributed by atoms with Gasteiger partial charge >= 0.3 is 5.51 Å². The molecule has 25 heavy (non-hydrogen) atoms. The molecule has 0 bridgehead atoms. The maximum absolute atomic E-state index is 12.7. The number of nitrogens with one attached hydrogen (secondary N) is 1. The smallest absolute Gasteiger partial charge is 0.446 e. The van der Waals surface area contributed by atoms with Crippen LogP contribution in [-0.4, -0.2) is 46.6 Å². The summed E-state index contributed by atoms with van der Waals surface area (Å²) < 4.78 is 43.2. The highest BCUT2D eigenvalue weighted by Gasteiger charge is 2.38. The summed E-state index contributed by atoms with van der Waals surface area (Å²) >= 11 is -0.425. The van der Waals surface area contributed by atoms with Crippen molar-refractivity contribution in [1.29, 1.82) is 0 Å². The van der Waals surface area contributed by atoms with Gasteiger partial charge in [-0.15, -0.1) is 6.42 Å². The summed E-state index contributed by atoms with van der Waals surface area (Å²) in [5.41, 5.74) is -3.16. The average Bonchev–Trinajstić information content (AvgIpc) is 2.50. The largest absolute Gasteiger partial charge is 0.480 e. The van der Waals surface area contributed by atoms with E-state index < -0.39 is 35.1 Å². The van der Waals surface area contributed by atoms with Crippen LogP contribution in [0.5, 0.6) is 5.75 Å². The topological polar surface area (TPSA) is 78.9 Å². The molecule has 0 radical (unpaired) electrons. The molecule has 0 spiro atoms. The predicted molar refractivity (Wildman–Crippen MR) is 82.1 cm³/mol. The average molecular weight is 374 g/mol. The van der Waals surface area contributed by atoms with Crippen molar-refractivity contribution in [3.8, 4) is 18.1 Å². The summed E-state index contributed by atoms with van der Waals surface area (Å²) in [5.74, 6) is 0.687. The number of alkyl halides is 3. The fourth-order valence-corrected chi connectivity index (χ4v) is 2.89. The van der Waals surface area contributed by atoms with Gasteiger partial charge in [0.15, 0.2) is 0 Å². The van der Waals surface area contributed by atoms with Crippen LogP contribution in [0.1, 0.15) is 16.8 Å². The number of halogens is 3. The number of nitrogens with zero attached hydrogens (tertiary/aromatic N) is 1. The molecule has 1 aromatic rings. The highest BCUT2D eigenvalue weighted by Crippen LogP contribution is 2.42. The van der Waals surface area contributed by atoms with Gasteiger partial charge in [-0.3, -0.25) is 14.8 Å². The number of thioether (sulfide) groups is 1. The molecule has 1 fully saturated rings. The van der Waals surface area contributed by atoms with Crippen LogP contribution in [0.2, 0.25) is 0 Å². The molecule has 0 aromatic heterocycles. The minimum Gasteiger partial charge on any atom is -0.480 e. The minimum atomic E-state index is -4.58. The van der Waals surface area contributed by atoms with Crippen molar-refractivity contribution in [1.82, 2.24) is 10.4 Å². The van der Waals surface area contributed by atoms with E-state index >= 15 is 0 Å². The van der Waals surface area contributed by atoms with Gasteiger partial charge in [0.2, 0.25) is 0 Å². The molecule has 0 unspecified atom stereocenters. The maximum Gasteiger partial charge on any atom is 0.446 e. The van der Waals surface area contributed by atoms with E-state index in [-0.39, 0.29) is 29.4 Å². The molecule has 2 amide bonds. The molecule has 10 heteroatoms. The summed E-state index contributed by atoms with van der Waals surface area (Å²) in [6, 6.07) is 2.70. The van der Waals surface area contributed by atoms with Crippen LogP contribution in [0.25, 0.3) is 0 Å². The number of rotatable bonds is 5. The first-order valence-electron chi connectivity index (χ1n) is 6.98. The van der Waals surface area contributed by atoms with Gasteiger partial charge < -0.3 is 9.64 Å². The number of hydroxylamine groups is 1. The summed E-state index contributed by atoms with van der Waals surface area (Å²) in [6.07, 6.45) is 5.38. The number of ether oxygens (including phenoxy) is 1. The first-order chi connectivity index (χ1) is 11.8. The summed E-state index contributed by atoms with van der Waals surface area (Å²) in [7, 11) is 0. The van der Waals surface area contributed by atoms with Crippen LogP contribution in [0.3, 0.4) is 0 Å². The molecule has 1 saturated heterocycles. The zero-order chi connectivity index (χ0) is 18.6. The van der Waals surface area contributed by atoms with Gasteiger partial charge in [-0.05, 0) is 36.4 Å². The third-order valence-corrected chi connectivity index (χ3v) is 4.19. The van der Waals surface area contributed by atoms with E-state index in [1.54, 1.807) is 0 Å². The summed E-state index contributed by atoms with van der Waals surface area (Å²) in [6.45, 7) is 0.0393. The minimum absolute atomic E-state index is 0.0322. The molecule has 1 aliphatic heterocycles. The second kappa shape index (κ2) is 7.67. The Morgan fingerprint density at radius 3 is 2.72 bits per heavy atom. The van der Waals surface area contributed by atoms with Crippen LogP contribution in [0.15, 0.2) is 23.1 Å². The van der Waals surface area contributed by atoms with E-state index in [4.69, 9.17) is 16.4 Å². The van der Waals surface area contributed by atoms with Gasteiger partial charge in [-0.1, -0.05) is 5.92 Å². The lowest BCUT2D eigenvalue weighted by atomic mass is 10.0. The Balaban J connectivity index is 2.26. The van der Waals surface area contributed by atoms with Crippen molar-refractivity contribution >= 4 is 23.6 Å². The normalized spacial score (nSPS) is 16.6. The third-order valence-electron chi connectivity index (χ3n) is 3.42. The Bertz CT molecular complexity index is 718. The molecule has 0 saturated carbocycles. The first kappa shape index (κ1) is 19.0. The van der Waals surface area contributed by atoms with E-state index in [2.05, 4.69) is 5.92 Å². The van der Waals surface area contributed by atoms with E-state index in [9.17, 15) is 22.8 Å². The number of terminal acetylenes is 1. The SMILES string of the molecule is C#CCOc1ccc(C(=O)N2CC[C@@H]2C(=O)NO)cc1SC(F)(F)F. The highest BCUT2D eigenvalue weighted by atomic mass is 32.2. The Hall–Kier alpha value is -2.38. The molecule has 134 valence electrons. The van der Waals surface area contributed by atoms with Gasteiger partial charge in [0.1, 0.15) is 18.4 Å². The van der Waals surface area contributed by atoms with Crippen molar-refractivity contribution < 1.29 is 32.7 Å². The Morgan fingerprint density at radius 1 is 1.48 bits per heavy atom. The van der Waals surface area contributed by atoms with Crippen molar-refractivity contribution in [3.05, 3.63) is 23.8 Å². The van der Waals surface area contributed by atoms with Gasteiger partial charge in [0.25, 0.3) is 11.8 Å². The number of carbonyl (C=O) groups is 2. The molecule has 0 aliphatic carbocycles. The molecular formula is C15H13F3N2O4S. The van der Waals surface area contributed by atoms with E-state index in [1.807, 2.05) is 0 Å². The molecule has 6 nitrogen and oxygen atoms in total. The van der Waals surface area contributed by atoms with Crippen molar-refractivity contribution in [2.45, 2.75) is 22.9 Å². The monoisotopic (exact) mass is 374 g/mol. The number of hydrogen-bond donors (Lipinski definition) is 2. The lowest BCUT2D eigenvalue weighted by Gasteiger charge is -2.39. The molecular weight excluding hydrogens is 361 g/mol. The van der Waals surface area contributed by atoms with Gasteiger partial charge in [-0.25, -0.2) is 5.48 Å². The van der Waals surface area contributed by atoms with Gasteiger partial charge in [-0.2, -0.15) is 13.2 Å². The second-order valence-corrected chi connectivity index (χ2v) is 6.09. The molecule has 2 N–H and O–H groups in total. The van der Waals surface area contributed by atoms with Crippen LogP contribution in [0, 0.1) is 12.3 Å². The lowest BCUT2D eigenvalue weighted by Crippen LogP contribution is -2.57. The molecule has 1 aromatic carbocycles. The number of likely N-dealkylation sites (tertiary alicyclic amines) is 1. The molecule has 1 atom stereocenters. The van der Waals surface area contributed by atoms with Crippen molar-refractivity contribution in [3.63, 3.8) is 0 Å². The molecule has 1 heterocycles. The zero-order valence-electron chi connectivity index (χ0n) is 12.7. The Labute approximate surface area is 145 Å². The quantitative estimate of drug-likeness (QED) is 0.357. The van der Waals surface area contributed by atoms with Gasteiger partial charge in [0.05, 0.1) is 4.90 Å². The van der Waals surface area contributed by atoms with Crippen LogP contribution in [-0.2, 0) is 4.79 Å². The number of hydrogen-bond acceptors (Lipinski definition) is 5. The van der Waals surface area contributed by atoms with Crippen LogP contribution < -0.4 is 10.2 Å². The van der Waals surface area contributed by atoms with E-state index in [0.29, 0.717) is 6.42 Å². The number of amides is 2. The fraction of sp³-hybridized carbons (Fsp3) is 0.333. The number of carbonyl (C=O) groups excluding carboxylic acids is 2. The maximum atomic E-state index is 12.7. The van der Waals surface area contributed by atoms with Crippen LogP contribution >= 0.6 is 11.8 Å². The summed E-state index contributed by atoms with van der Waals surface area (Å²) in [5, 5.41) is 8.63. The lowest BCUT2D eigenvalue weighted by molar-refractivity contribution is -0.137.